The van der Waals surface area contributed by atoms with Crippen molar-refractivity contribution in [1.82, 2.24) is 4.98 Å². The van der Waals surface area contributed by atoms with Gasteiger partial charge in [-0.15, -0.1) is 17.7 Å². The van der Waals surface area contributed by atoms with E-state index in [-0.39, 0.29) is 39.2 Å². The number of pyridine rings is 1. The van der Waals surface area contributed by atoms with Gasteiger partial charge in [-0.1, -0.05) is 23.8 Å². The molecule has 0 aliphatic carbocycles. The van der Waals surface area contributed by atoms with E-state index in [1.54, 1.807) is 25.4 Å². The van der Waals surface area contributed by atoms with Crippen LogP contribution in [0.25, 0.3) is 11.3 Å². The summed E-state index contributed by atoms with van der Waals surface area (Å²) in [5.41, 5.74) is 2.37. The van der Waals surface area contributed by atoms with Crippen LogP contribution in [0, 0.1) is 6.07 Å². The van der Waals surface area contributed by atoms with Gasteiger partial charge in [0.1, 0.15) is 0 Å². The molecule has 0 fully saturated rings. The Morgan fingerprint density at radius 2 is 2.08 bits per heavy atom. The van der Waals surface area contributed by atoms with E-state index in [4.69, 9.17) is 9.84 Å². The number of allylic oxidation sites excluding steroid dienone is 2. The van der Waals surface area contributed by atoms with Crippen molar-refractivity contribution in [2.75, 3.05) is 7.11 Å². The molecule has 1 aromatic carbocycles. The summed E-state index contributed by atoms with van der Waals surface area (Å²) in [5, 5.41) is 17.7. The minimum atomic E-state index is -0.125. The Morgan fingerprint density at radius 3 is 2.50 bits per heavy atom. The molecule has 0 amide bonds. The SMILES string of the molecule is CC(=O)/C=C(/C)O.COc1c[c-]c(-c2ccccn2)c(CO)c1.[Pt]. The molecule has 0 atom stereocenters. The third kappa shape index (κ3) is 7.53. The van der Waals surface area contributed by atoms with Gasteiger partial charge in [0.15, 0.2) is 5.78 Å². The third-order valence-corrected chi connectivity index (χ3v) is 2.74. The first-order valence-corrected chi connectivity index (χ1v) is 6.96. The van der Waals surface area contributed by atoms with Crippen LogP contribution in [0.1, 0.15) is 19.4 Å². The molecule has 2 N–H and O–H groups in total. The molecular weight excluding hydrogens is 489 g/mol. The predicted octanol–water partition coefficient (Wildman–Crippen LogP) is 3.08. The second-order valence-corrected chi connectivity index (χ2v) is 4.71. The summed E-state index contributed by atoms with van der Waals surface area (Å²) >= 11 is 0. The number of aliphatic hydroxyl groups is 2. The summed E-state index contributed by atoms with van der Waals surface area (Å²) in [4.78, 5) is 14.2. The zero-order valence-corrected chi connectivity index (χ0v) is 16.0. The number of benzene rings is 1. The van der Waals surface area contributed by atoms with E-state index in [0.29, 0.717) is 5.75 Å². The Balaban J connectivity index is 0.000000570. The fourth-order valence-electron chi connectivity index (χ4n) is 1.81. The molecule has 0 aliphatic rings. The summed E-state index contributed by atoms with van der Waals surface area (Å²) in [7, 11) is 1.59. The smallest absolute Gasteiger partial charge is 0.155 e. The summed E-state index contributed by atoms with van der Waals surface area (Å²) in [6.07, 6.45) is 2.88. The number of carbonyl (C=O) groups excluding carboxylic acids is 1. The molecular formula is C18H20NO4Pt-. The minimum Gasteiger partial charge on any atom is -0.540 e. The van der Waals surface area contributed by atoms with Crippen LogP contribution in [0.2, 0.25) is 0 Å². The maximum absolute atomic E-state index is 10.0. The standard InChI is InChI=1S/C13H12NO2.C5H8O2.Pt/c1-16-11-5-6-12(10(8-11)9-15)13-4-2-3-7-14-13;1-4(6)3-5(2)7;/h2-5,7-8,15H,9H2,1H3;3,6H,1-2H3;/q-1;;/b;4-3-;. The molecule has 5 nitrogen and oxygen atoms in total. The quantitative estimate of drug-likeness (QED) is 0.376. The van der Waals surface area contributed by atoms with Crippen LogP contribution < -0.4 is 4.74 Å². The Hall–Kier alpha value is -1.97. The number of aliphatic hydroxyl groups excluding tert-OH is 2. The number of methoxy groups -OCH3 is 1. The molecule has 0 saturated carbocycles. The Morgan fingerprint density at radius 1 is 1.38 bits per heavy atom. The Kier molecular flexibility index (Phi) is 10.6. The molecule has 0 aliphatic heterocycles. The van der Waals surface area contributed by atoms with E-state index in [0.717, 1.165) is 16.8 Å². The van der Waals surface area contributed by atoms with Crippen molar-refractivity contribution in [3.05, 3.63) is 60.0 Å². The van der Waals surface area contributed by atoms with Gasteiger partial charge < -0.3 is 19.9 Å². The largest absolute Gasteiger partial charge is 0.540 e. The summed E-state index contributed by atoms with van der Waals surface area (Å²) in [5.74, 6) is 0.622. The maximum atomic E-state index is 10.0. The van der Waals surface area contributed by atoms with E-state index in [2.05, 4.69) is 11.1 Å². The number of nitrogens with zero attached hydrogens (tertiary/aromatic N) is 1. The van der Waals surface area contributed by atoms with E-state index < -0.39 is 0 Å². The van der Waals surface area contributed by atoms with Crippen molar-refractivity contribution < 1.29 is 40.8 Å². The van der Waals surface area contributed by atoms with Gasteiger partial charge in [0, 0.05) is 45.7 Å². The van der Waals surface area contributed by atoms with E-state index >= 15 is 0 Å². The Bertz CT molecular complexity index is 668. The van der Waals surface area contributed by atoms with Crippen LogP contribution >= 0.6 is 0 Å². The van der Waals surface area contributed by atoms with Crippen molar-refractivity contribution in [3.63, 3.8) is 0 Å². The molecule has 0 unspecified atom stereocenters. The topological polar surface area (TPSA) is 79.7 Å². The number of hydrogen-bond acceptors (Lipinski definition) is 5. The molecule has 24 heavy (non-hydrogen) atoms. The zero-order chi connectivity index (χ0) is 17.2. The Labute approximate surface area is 156 Å². The number of ether oxygens (including phenoxy) is 1. The fraction of sp³-hybridized carbons (Fsp3) is 0.222. The second-order valence-electron chi connectivity index (χ2n) is 4.71. The van der Waals surface area contributed by atoms with Crippen molar-refractivity contribution in [2.24, 2.45) is 0 Å². The predicted molar refractivity (Wildman–Crippen MR) is 88.1 cm³/mol. The number of ketones is 1. The van der Waals surface area contributed by atoms with Crippen molar-refractivity contribution in [2.45, 2.75) is 20.5 Å². The van der Waals surface area contributed by atoms with Crippen LogP contribution in [0.3, 0.4) is 0 Å². The van der Waals surface area contributed by atoms with Gasteiger partial charge in [-0.25, -0.2) is 0 Å². The van der Waals surface area contributed by atoms with Crippen LogP contribution in [-0.4, -0.2) is 28.1 Å². The van der Waals surface area contributed by atoms with Crippen molar-refractivity contribution in [1.29, 1.82) is 0 Å². The average molecular weight is 509 g/mol. The molecule has 0 saturated heterocycles. The van der Waals surface area contributed by atoms with Crippen LogP contribution in [0.4, 0.5) is 0 Å². The number of rotatable bonds is 4. The van der Waals surface area contributed by atoms with E-state index in [1.807, 2.05) is 18.2 Å². The molecule has 0 radical (unpaired) electrons. The van der Waals surface area contributed by atoms with Crippen molar-refractivity contribution in [3.8, 4) is 17.0 Å². The molecule has 2 rings (SSSR count). The molecule has 132 valence electrons. The average Bonchev–Trinajstić information content (AvgIpc) is 2.54. The zero-order valence-electron chi connectivity index (χ0n) is 13.7. The second kappa shape index (κ2) is 11.5. The molecule has 1 aromatic heterocycles. The first-order chi connectivity index (χ1) is 11.0. The molecule has 2 aromatic rings. The fourth-order valence-corrected chi connectivity index (χ4v) is 1.81. The number of carbonyl (C=O) groups is 1. The normalized spacial score (nSPS) is 10.1. The van der Waals surface area contributed by atoms with Gasteiger partial charge in [-0.3, -0.25) is 4.79 Å². The minimum absolute atomic E-state index is 0. The van der Waals surface area contributed by atoms with Crippen LogP contribution in [0.15, 0.2) is 48.4 Å². The first-order valence-electron chi connectivity index (χ1n) is 6.96. The van der Waals surface area contributed by atoms with Gasteiger partial charge in [0.25, 0.3) is 0 Å². The van der Waals surface area contributed by atoms with Gasteiger partial charge in [-0.2, -0.15) is 0 Å². The van der Waals surface area contributed by atoms with Gasteiger partial charge in [0.05, 0.1) is 12.9 Å². The van der Waals surface area contributed by atoms with Crippen LogP contribution in [0.5, 0.6) is 5.75 Å². The summed E-state index contributed by atoms with van der Waals surface area (Å²) in [6, 6.07) is 12.3. The van der Waals surface area contributed by atoms with Gasteiger partial charge in [-0.05, 0) is 25.6 Å². The van der Waals surface area contributed by atoms with E-state index in [9.17, 15) is 9.90 Å². The molecule has 0 bridgehead atoms. The van der Waals surface area contributed by atoms with Crippen LogP contribution in [-0.2, 0) is 32.5 Å². The van der Waals surface area contributed by atoms with E-state index in [1.165, 1.54) is 19.9 Å². The number of aromatic nitrogens is 1. The third-order valence-electron chi connectivity index (χ3n) is 2.74. The molecule has 6 heteroatoms. The summed E-state index contributed by atoms with van der Waals surface area (Å²) in [6.45, 7) is 2.79. The van der Waals surface area contributed by atoms with Gasteiger partial charge in [0.2, 0.25) is 0 Å². The van der Waals surface area contributed by atoms with Crippen molar-refractivity contribution >= 4 is 5.78 Å². The first kappa shape index (κ1) is 22.0. The molecule has 0 spiro atoms. The monoisotopic (exact) mass is 509 g/mol. The summed E-state index contributed by atoms with van der Waals surface area (Å²) < 4.78 is 5.08. The number of hydrogen-bond donors (Lipinski definition) is 2. The molecule has 1 heterocycles. The maximum Gasteiger partial charge on any atom is 0.155 e. The van der Waals surface area contributed by atoms with Gasteiger partial charge >= 0.3 is 0 Å².